The summed E-state index contributed by atoms with van der Waals surface area (Å²) in [5.74, 6) is 1.72. The average molecular weight is 263 g/mol. The highest BCUT2D eigenvalue weighted by atomic mass is 16.5. The minimum atomic E-state index is 0.261. The normalized spacial score (nSPS) is 24.9. The zero-order valence-electron chi connectivity index (χ0n) is 11.2. The third kappa shape index (κ3) is 2.87. The van der Waals surface area contributed by atoms with Crippen LogP contribution in [-0.2, 0) is 4.74 Å². The molecule has 19 heavy (non-hydrogen) atoms. The molecule has 2 fully saturated rings. The van der Waals surface area contributed by atoms with Crippen molar-refractivity contribution < 1.29 is 9.84 Å². The van der Waals surface area contributed by atoms with Crippen LogP contribution in [0.2, 0.25) is 0 Å². The summed E-state index contributed by atoms with van der Waals surface area (Å²) in [5.41, 5.74) is 1.23. The molecule has 0 aliphatic carbocycles. The highest BCUT2D eigenvalue weighted by Crippen LogP contribution is 2.27. The first-order chi connectivity index (χ1) is 9.36. The lowest BCUT2D eigenvalue weighted by molar-refractivity contribution is 0.0852. The largest absolute Gasteiger partial charge is 0.396 e. The number of ether oxygens (including phenoxy) is 1. The van der Waals surface area contributed by atoms with Gasteiger partial charge in [-0.05, 0) is 30.7 Å². The molecule has 1 N–H and O–H groups in total. The number of hydrogen-bond acceptors (Lipinski definition) is 5. The lowest BCUT2D eigenvalue weighted by atomic mass is 9.94. The van der Waals surface area contributed by atoms with Crippen LogP contribution in [0.25, 0.3) is 0 Å². The molecule has 2 aliphatic rings. The van der Waals surface area contributed by atoms with E-state index in [-0.39, 0.29) is 6.61 Å². The van der Waals surface area contributed by atoms with Gasteiger partial charge >= 0.3 is 0 Å². The molecule has 1 atom stereocenters. The molecule has 2 saturated heterocycles. The number of anilines is 1. The van der Waals surface area contributed by atoms with Crippen molar-refractivity contribution in [2.45, 2.75) is 25.2 Å². The summed E-state index contributed by atoms with van der Waals surface area (Å²) < 4.78 is 5.38. The highest BCUT2D eigenvalue weighted by Gasteiger charge is 2.24. The molecule has 0 saturated carbocycles. The fourth-order valence-corrected chi connectivity index (χ4v) is 2.90. The van der Waals surface area contributed by atoms with E-state index in [1.54, 1.807) is 0 Å². The molecule has 1 aromatic heterocycles. The van der Waals surface area contributed by atoms with E-state index in [9.17, 15) is 0 Å². The van der Waals surface area contributed by atoms with Gasteiger partial charge in [-0.15, -0.1) is 0 Å². The summed E-state index contributed by atoms with van der Waals surface area (Å²) in [5, 5.41) is 9.17. The van der Waals surface area contributed by atoms with Crippen molar-refractivity contribution >= 4 is 5.95 Å². The number of hydrogen-bond donors (Lipinski definition) is 1. The fourth-order valence-electron chi connectivity index (χ4n) is 2.90. The lowest BCUT2D eigenvalue weighted by Gasteiger charge is -2.22. The number of aromatic nitrogens is 2. The van der Waals surface area contributed by atoms with Gasteiger partial charge in [0, 0.05) is 51.2 Å². The SMILES string of the molecule is OCC1CCN(c2ncc(C3CCOCC3)cn2)C1. The molecule has 0 radical (unpaired) electrons. The topological polar surface area (TPSA) is 58.5 Å². The minimum absolute atomic E-state index is 0.261. The molecule has 0 bridgehead atoms. The zero-order valence-corrected chi connectivity index (χ0v) is 11.2. The second-order valence-electron chi connectivity index (χ2n) is 5.49. The summed E-state index contributed by atoms with van der Waals surface area (Å²) in [6.07, 6.45) is 7.09. The molecule has 0 spiro atoms. The Morgan fingerprint density at radius 2 is 1.95 bits per heavy atom. The maximum absolute atomic E-state index is 9.17. The van der Waals surface area contributed by atoms with Crippen LogP contribution in [0.4, 0.5) is 5.95 Å². The maximum Gasteiger partial charge on any atom is 0.225 e. The Bertz CT molecular complexity index is 404. The molecule has 3 heterocycles. The van der Waals surface area contributed by atoms with Crippen LogP contribution in [0.15, 0.2) is 12.4 Å². The zero-order chi connectivity index (χ0) is 13.1. The van der Waals surface area contributed by atoms with E-state index in [0.717, 1.165) is 51.5 Å². The van der Waals surface area contributed by atoms with Crippen molar-refractivity contribution in [2.24, 2.45) is 5.92 Å². The third-order valence-corrected chi connectivity index (χ3v) is 4.18. The van der Waals surface area contributed by atoms with Gasteiger partial charge in [-0.1, -0.05) is 0 Å². The van der Waals surface area contributed by atoms with Gasteiger partial charge < -0.3 is 14.7 Å². The monoisotopic (exact) mass is 263 g/mol. The minimum Gasteiger partial charge on any atom is -0.396 e. The molecule has 5 nitrogen and oxygen atoms in total. The number of aliphatic hydroxyl groups is 1. The van der Waals surface area contributed by atoms with Gasteiger partial charge in [0.1, 0.15) is 0 Å². The Hall–Kier alpha value is -1.20. The van der Waals surface area contributed by atoms with Crippen LogP contribution in [-0.4, -0.2) is 48.0 Å². The Morgan fingerprint density at radius 1 is 1.21 bits per heavy atom. The van der Waals surface area contributed by atoms with Gasteiger partial charge in [0.15, 0.2) is 0 Å². The molecule has 5 heteroatoms. The third-order valence-electron chi connectivity index (χ3n) is 4.18. The first-order valence-corrected chi connectivity index (χ1v) is 7.12. The first kappa shape index (κ1) is 12.8. The molecule has 0 aromatic carbocycles. The smallest absolute Gasteiger partial charge is 0.225 e. The molecular formula is C14H21N3O2. The van der Waals surface area contributed by atoms with Gasteiger partial charge in [0.05, 0.1) is 0 Å². The van der Waals surface area contributed by atoms with Crippen molar-refractivity contribution in [3.63, 3.8) is 0 Å². The second kappa shape index (κ2) is 5.84. The van der Waals surface area contributed by atoms with Crippen LogP contribution in [0.1, 0.15) is 30.7 Å². The summed E-state index contributed by atoms with van der Waals surface area (Å²) >= 11 is 0. The van der Waals surface area contributed by atoms with Gasteiger partial charge in [-0.2, -0.15) is 0 Å². The van der Waals surface area contributed by atoms with Crippen LogP contribution >= 0.6 is 0 Å². The van der Waals surface area contributed by atoms with Gasteiger partial charge in [-0.25, -0.2) is 9.97 Å². The standard InChI is InChI=1S/C14H21N3O2/c18-10-11-1-4-17(9-11)14-15-7-13(8-16-14)12-2-5-19-6-3-12/h7-8,11-12,18H,1-6,9-10H2. The maximum atomic E-state index is 9.17. The quantitative estimate of drug-likeness (QED) is 0.887. The van der Waals surface area contributed by atoms with E-state index in [1.807, 2.05) is 12.4 Å². The van der Waals surface area contributed by atoms with Crippen LogP contribution in [0.3, 0.4) is 0 Å². The first-order valence-electron chi connectivity index (χ1n) is 7.12. The van der Waals surface area contributed by atoms with E-state index < -0.39 is 0 Å². The van der Waals surface area contributed by atoms with Gasteiger partial charge in [-0.3, -0.25) is 0 Å². The van der Waals surface area contributed by atoms with Crippen molar-refractivity contribution in [1.82, 2.24) is 9.97 Å². The van der Waals surface area contributed by atoms with Crippen molar-refractivity contribution in [2.75, 3.05) is 37.8 Å². The lowest BCUT2D eigenvalue weighted by Crippen LogP contribution is -2.23. The second-order valence-corrected chi connectivity index (χ2v) is 5.49. The van der Waals surface area contributed by atoms with Crippen LogP contribution in [0.5, 0.6) is 0 Å². The van der Waals surface area contributed by atoms with Gasteiger partial charge in [0.2, 0.25) is 5.95 Å². The molecule has 3 rings (SSSR count). The number of aliphatic hydroxyl groups excluding tert-OH is 1. The molecule has 2 aliphatic heterocycles. The van der Waals surface area contributed by atoms with Crippen LogP contribution < -0.4 is 4.90 Å². The van der Waals surface area contributed by atoms with E-state index in [0.29, 0.717) is 11.8 Å². The summed E-state index contributed by atoms with van der Waals surface area (Å²) in [7, 11) is 0. The Balaban J connectivity index is 1.65. The average Bonchev–Trinajstić information content (AvgIpc) is 2.97. The molecule has 1 aromatic rings. The van der Waals surface area contributed by atoms with Crippen LogP contribution in [0, 0.1) is 5.92 Å². The summed E-state index contributed by atoms with van der Waals surface area (Å²) in [6, 6.07) is 0. The van der Waals surface area contributed by atoms with Crippen molar-refractivity contribution in [1.29, 1.82) is 0 Å². The van der Waals surface area contributed by atoms with E-state index >= 15 is 0 Å². The van der Waals surface area contributed by atoms with E-state index in [1.165, 1.54) is 5.56 Å². The molecular weight excluding hydrogens is 242 g/mol. The molecule has 0 amide bonds. The fraction of sp³-hybridized carbons (Fsp3) is 0.714. The van der Waals surface area contributed by atoms with E-state index in [2.05, 4.69) is 14.9 Å². The molecule has 1 unspecified atom stereocenters. The Kier molecular flexibility index (Phi) is 3.94. The Morgan fingerprint density at radius 3 is 2.58 bits per heavy atom. The number of nitrogens with zero attached hydrogens (tertiary/aromatic N) is 3. The predicted molar refractivity (Wildman–Crippen MR) is 72.2 cm³/mol. The summed E-state index contributed by atoms with van der Waals surface area (Å²) in [6.45, 7) is 3.76. The Labute approximate surface area is 113 Å². The van der Waals surface area contributed by atoms with Crippen molar-refractivity contribution in [3.8, 4) is 0 Å². The van der Waals surface area contributed by atoms with Gasteiger partial charge in [0.25, 0.3) is 0 Å². The molecule has 104 valence electrons. The highest BCUT2D eigenvalue weighted by molar-refractivity contribution is 5.32. The van der Waals surface area contributed by atoms with E-state index in [4.69, 9.17) is 9.84 Å². The van der Waals surface area contributed by atoms with Crippen molar-refractivity contribution in [3.05, 3.63) is 18.0 Å². The summed E-state index contributed by atoms with van der Waals surface area (Å²) in [4.78, 5) is 11.2. The predicted octanol–water partition coefficient (Wildman–Crippen LogP) is 1.19. The number of rotatable bonds is 3.